The Morgan fingerprint density at radius 2 is 2.07 bits per heavy atom. The van der Waals surface area contributed by atoms with Gasteiger partial charge in [-0.2, -0.15) is 0 Å². The van der Waals surface area contributed by atoms with Gasteiger partial charge in [-0.3, -0.25) is 0 Å². The number of nitrogens with one attached hydrogen (secondary N) is 1. The maximum Gasteiger partial charge on any atom is 0.353 e. The SMILES string of the molecule is CCNc1ccccc1C1OC1=O.N. The standard InChI is InChI=1S/C10H11NO2.H3N/c1-2-11-8-6-4-3-5-7(8)9-10(12)13-9;/h3-6,9,11H,2H2,1H3;1H3. The molecule has 4 nitrogen and oxygen atoms in total. The molecule has 1 fully saturated rings. The van der Waals surface area contributed by atoms with E-state index < -0.39 is 0 Å². The molecule has 0 amide bonds. The second-order valence-corrected chi connectivity index (χ2v) is 2.93. The average Bonchev–Trinajstić information content (AvgIpc) is 2.84. The maximum atomic E-state index is 10.8. The fraction of sp³-hybridized carbons (Fsp3) is 0.300. The first kappa shape index (κ1) is 10.5. The first-order chi connectivity index (χ1) is 6.33. The van der Waals surface area contributed by atoms with Crippen LogP contribution in [0.3, 0.4) is 0 Å². The van der Waals surface area contributed by atoms with Crippen LogP contribution >= 0.6 is 0 Å². The Kier molecular flexibility index (Phi) is 3.09. The second-order valence-electron chi connectivity index (χ2n) is 2.93. The van der Waals surface area contributed by atoms with Crippen LogP contribution in [-0.4, -0.2) is 12.5 Å². The van der Waals surface area contributed by atoms with Crippen LogP contribution in [0.25, 0.3) is 0 Å². The van der Waals surface area contributed by atoms with Gasteiger partial charge in [0.2, 0.25) is 6.10 Å². The molecule has 0 bridgehead atoms. The van der Waals surface area contributed by atoms with Crippen molar-refractivity contribution in [1.82, 2.24) is 6.15 Å². The number of hydrogen-bond acceptors (Lipinski definition) is 4. The molecule has 0 saturated carbocycles. The first-order valence-electron chi connectivity index (χ1n) is 4.36. The Labute approximate surface area is 82.8 Å². The molecule has 4 heteroatoms. The zero-order valence-corrected chi connectivity index (χ0v) is 8.12. The Bertz CT molecular complexity index is 339. The number of para-hydroxylation sites is 1. The zero-order valence-electron chi connectivity index (χ0n) is 8.12. The first-order valence-corrected chi connectivity index (χ1v) is 4.36. The number of benzene rings is 1. The zero-order chi connectivity index (χ0) is 9.26. The molecule has 1 aliphatic heterocycles. The average molecular weight is 194 g/mol. The highest BCUT2D eigenvalue weighted by atomic mass is 16.6. The summed E-state index contributed by atoms with van der Waals surface area (Å²) in [6, 6.07) is 7.71. The van der Waals surface area contributed by atoms with Crippen molar-refractivity contribution < 1.29 is 9.53 Å². The highest BCUT2D eigenvalue weighted by molar-refractivity contribution is 5.90. The van der Waals surface area contributed by atoms with E-state index in [4.69, 9.17) is 4.74 Å². The molecule has 0 aliphatic carbocycles. The molecule has 0 spiro atoms. The molecule has 1 heterocycles. The number of epoxide rings is 1. The van der Waals surface area contributed by atoms with Crippen molar-refractivity contribution in [3.8, 4) is 0 Å². The van der Waals surface area contributed by atoms with Gasteiger partial charge in [0.15, 0.2) is 0 Å². The Balaban J connectivity index is 0.000000980. The summed E-state index contributed by atoms with van der Waals surface area (Å²) in [6.45, 7) is 2.87. The van der Waals surface area contributed by atoms with Crippen LogP contribution in [0.15, 0.2) is 24.3 Å². The molecule has 1 aromatic carbocycles. The van der Waals surface area contributed by atoms with E-state index in [1.54, 1.807) is 0 Å². The maximum absolute atomic E-state index is 10.8. The van der Waals surface area contributed by atoms with Crippen molar-refractivity contribution in [3.05, 3.63) is 29.8 Å². The van der Waals surface area contributed by atoms with Crippen LogP contribution < -0.4 is 11.5 Å². The number of hydrogen-bond donors (Lipinski definition) is 2. The van der Waals surface area contributed by atoms with Gasteiger partial charge in [0.1, 0.15) is 0 Å². The van der Waals surface area contributed by atoms with Crippen LogP contribution in [0, 0.1) is 0 Å². The van der Waals surface area contributed by atoms with Crippen LogP contribution in [0.4, 0.5) is 5.69 Å². The van der Waals surface area contributed by atoms with E-state index in [0.29, 0.717) is 0 Å². The van der Waals surface area contributed by atoms with Gasteiger partial charge in [0.25, 0.3) is 0 Å². The van der Waals surface area contributed by atoms with Crippen LogP contribution in [0.1, 0.15) is 18.6 Å². The largest absolute Gasteiger partial charge is 0.442 e. The summed E-state index contributed by atoms with van der Waals surface area (Å²) in [4.78, 5) is 10.8. The van der Waals surface area contributed by atoms with Gasteiger partial charge >= 0.3 is 5.97 Å². The summed E-state index contributed by atoms with van der Waals surface area (Å²) >= 11 is 0. The number of cyclic esters (lactones) is 1. The summed E-state index contributed by atoms with van der Waals surface area (Å²) in [6.07, 6.45) is -0.324. The molecule has 76 valence electrons. The molecule has 2 rings (SSSR count). The summed E-state index contributed by atoms with van der Waals surface area (Å²) in [5, 5.41) is 3.19. The highest BCUT2D eigenvalue weighted by Gasteiger charge is 2.40. The van der Waals surface area contributed by atoms with E-state index in [-0.39, 0.29) is 18.2 Å². The molecule has 1 aliphatic rings. The van der Waals surface area contributed by atoms with E-state index in [2.05, 4.69) is 5.32 Å². The summed E-state index contributed by atoms with van der Waals surface area (Å²) in [7, 11) is 0. The summed E-state index contributed by atoms with van der Waals surface area (Å²) in [5.74, 6) is -0.134. The number of carbonyl (C=O) groups is 1. The second kappa shape index (κ2) is 4.11. The lowest BCUT2D eigenvalue weighted by Gasteiger charge is -2.06. The van der Waals surface area contributed by atoms with E-state index in [9.17, 15) is 4.79 Å². The van der Waals surface area contributed by atoms with Crippen molar-refractivity contribution >= 4 is 11.7 Å². The minimum absolute atomic E-state index is 0. The van der Waals surface area contributed by atoms with Crippen LogP contribution in [0.5, 0.6) is 0 Å². The van der Waals surface area contributed by atoms with Crippen molar-refractivity contribution in [2.24, 2.45) is 0 Å². The lowest BCUT2D eigenvalue weighted by Crippen LogP contribution is -2.00. The van der Waals surface area contributed by atoms with Gasteiger partial charge in [-0.1, -0.05) is 18.2 Å². The molecule has 0 radical (unpaired) electrons. The van der Waals surface area contributed by atoms with Gasteiger partial charge in [0, 0.05) is 17.8 Å². The van der Waals surface area contributed by atoms with Crippen LogP contribution in [0.2, 0.25) is 0 Å². The number of anilines is 1. The Morgan fingerprint density at radius 1 is 1.43 bits per heavy atom. The number of carbonyl (C=O) groups excluding carboxylic acids is 1. The molecule has 14 heavy (non-hydrogen) atoms. The minimum atomic E-state index is -0.324. The quantitative estimate of drug-likeness (QED) is 0.720. The lowest BCUT2D eigenvalue weighted by molar-refractivity contribution is -0.117. The molecule has 1 saturated heterocycles. The van der Waals surface area contributed by atoms with Crippen LogP contribution in [-0.2, 0) is 9.53 Å². The molecule has 1 atom stereocenters. The normalized spacial score (nSPS) is 18.1. The van der Waals surface area contributed by atoms with E-state index in [0.717, 1.165) is 17.8 Å². The number of ether oxygens (including phenoxy) is 1. The van der Waals surface area contributed by atoms with E-state index in [1.807, 2.05) is 31.2 Å². The number of rotatable bonds is 3. The van der Waals surface area contributed by atoms with Gasteiger partial charge in [-0.25, -0.2) is 4.79 Å². The third-order valence-corrected chi connectivity index (χ3v) is 2.00. The van der Waals surface area contributed by atoms with Gasteiger partial charge in [0.05, 0.1) is 0 Å². The van der Waals surface area contributed by atoms with Gasteiger partial charge in [-0.05, 0) is 13.0 Å². The smallest absolute Gasteiger partial charge is 0.353 e. The topological polar surface area (TPSA) is 76.6 Å². The molecule has 1 unspecified atom stereocenters. The molecule has 0 aromatic heterocycles. The molecular formula is C10H14N2O2. The molecule has 1 aromatic rings. The van der Waals surface area contributed by atoms with Crippen molar-refractivity contribution in [3.63, 3.8) is 0 Å². The Hall–Kier alpha value is -1.55. The van der Waals surface area contributed by atoms with Crippen molar-refractivity contribution in [1.29, 1.82) is 0 Å². The highest BCUT2D eigenvalue weighted by Crippen LogP contribution is 2.36. The van der Waals surface area contributed by atoms with E-state index in [1.165, 1.54) is 0 Å². The summed E-state index contributed by atoms with van der Waals surface area (Å²) < 4.78 is 4.81. The minimum Gasteiger partial charge on any atom is -0.442 e. The predicted octanol–water partition coefficient (Wildman–Crippen LogP) is 1.88. The Morgan fingerprint density at radius 3 is 2.64 bits per heavy atom. The lowest BCUT2D eigenvalue weighted by atomic mass is 10.1. The van der Waals surface area contributed by atoms with Gasteiger partial charge < -0.3 is 16.2 Å². The third-order valence-electron chi connectivity index (χ3n) is 2.00. The predicted molar refractivity (Wildman–Crippen MR) is 54.5 cm³/mol. The van der Waals surface area contributed by atoms with Crippen molar-refractivity contribution in [2.45, 2.75) is 13.0 Å². The van der Waals surface area contributed by atoms with E-state index >= 15 is 0 Å². The molecule has 4 N–H and O–H groups in total. The fourth-order valence-corrected chi connectivity index (χ4v) is 1.35. The molecular weight excluding hydrogens is 180 g/mol. The third kappa shape index (κ3) is 1.85. The fourth-order valence-electron chi connectivity index (χ4n) is 1.35. The monoisotopic (exact) mass is 194 g/mol. The van der Waals surface area contributed by atoms with Gasteiger partial charge in [-0.15, -0.1) is 0 Å². The summed E-state index contributed by atoms with van der Waals surface area (Å²) in [5.41, 5.74) is 1.93. The van der Waals surface area contributed by atoms with Crippen molar-refractivity contribution in [2.75, 3.05) is 11.9 Å².